The molecule has 0 spiro atoms. The molecule has 0 aromatic heterocycles. The second-order valence-corrected chi connectivity index (χ2v) is 2.02. The molecule has 0 N–H and O–H groups in total. The molecular weight excluding hydrogens is 144 g/mol. The fraction of sp³-hybridized carbons (Fsp3) is 0.375. The lowest BCUT2D eigenvalue weighted by atomic mass is 10.2. The Morgan fingerprint density at radius 3 is 2.55 bits per heavy atom. The van der Waals surface area contributed by atoms with Crippen molar-refractivity contribution in [1.82, 2.24) is 0 Å². The molecule has 0 amide bonds. The van der Waals surface area contributed by atoms with E-state index in [9.17, 15) is 14.4 Å². The third kappa shape index (κ3) is 6.64. The quantitative estimate of drug-likeness (QED) is 0.321. The van der Waals surface area contributed by atoms with Crippen LogP contribution >= 0.6 is 0 Å². The summed E-state index contributed by atoms with van der Waals surface area (Å²) in [6.45, 7) is 0. The molecule has 0 aromatic rings. The fourth-order valence-electron chi connectivity index (χ4n) is 0.590. The molecule has 11 heavy (non-hydrogen) atoms. The van der Waals surface area contributed by atoms with Crippen molar-refractivity contribution < 1.29 is 14.4 Å². The van der Waals surface area contributed by atoms with Gasteiger partial charge in [0.05, 0.1) is 0 Å². The Morgan fingerprint density at radius 2 is 2.00 bits per heavy atom. The van der Waals surface area contributed by atoms with Crippen LogP contribution in [0.15, 0.2) is 12.2 Å². The first-order chi connectivity index (χ1) is 5.31. The first-order valence-corrected chi connectivity index (χ1v) is 3.39. The highest BCUT2D eigenvalue weighted by Gasteiger charge is 1.94. The predicted molar refractivity (Wildman–Crippen MR) is 40.1 cm³/mol. The van der Waals surface area contributed by atoms with Gasteiger partial charge >= 0.3 is 0 Å². The maximum atomic E-state index is 10.7. The van der Waals surface area contributed by atoms with Gasteiger partial charge in [0.25, 0.3) is 0 Å². The topological polar surface area (TPSA) is 51.2 Å². The highest BCUT2D eigenvalue weighted by atomic mass is 16.1. The summed E-state index contributed by atoms with van der Waals surface area (Å²) >= 11 is 0. The number of hydrogen-bond donors (Lipinski definition) is 0. The molecule has 3 heteroatoms. The van der Waals surface area contributed by atoms with E-state index >= 15 is 0 Å². The Kier molecular flexibility index (Phi) is 6.08. The van der Waals surface area contributed by atoms with Crippen molar-refractivity contribution in [1.29, 1.82) is 0 Å². The summed E-state index contributed by atoms with van der Waals surface area (Å²) < 4.78 is 0. The van der Waals surface area contributed by atoms with Crippen molar-refractivity contribution in [3.8, 4) is 0 Å². The maximum Gasteiger partial charge on any atom is 0.155 e. The highest BCUT2D eigenvalue weighted by Crippen LogP contribution is 1.94. The predicted octanol–water partition coefficient (Wildman–Crippen LogP) is 0.680. The molecule has 3 nitrogen and oxygen atoms in total. The Hall–Kier alpha value is -1.25. The molecule has 0 aromatic carbocycles. The largest absolute Gasteiger partial charge is 0.303 e. The van der Waals surface area contributed by atoms with Gasteiger partial charge < -0.3 is 4.79 Å². The average molecular weight is 154 g/mol. The maximum absolute atomic E-state index is 10.7. The third-order valence-corrected chi connectivity index (χ3v) is 1.11. The number of carbonyl (C=O) groups excluding carboxylic acids is 3. The molecule has 0 saturated carbocycles. The van der Waals surface area contributed by atoms with Gasteiger partial charge in [-0.25, -0.2) is 0 Å². The van der Waals surface area contributed by atoms with Crippen molar-refractivity contribution in [2.24, 2.45) is 0 Å². The van der Waals surface area contributed by atoms with Gasteiger partial charge in [0.1, 0.15) is 12.6 Å². The van der Waals surface area contributed by atoms with Gasteiger partial charge in [0.2, 0.25) is 0 Å². The van der Waals surface area contributed by atoms with E-state index in [0.29, 0.717) is 25.5 Å². The van der Waals surface area contributed by atoms with Gasteiger partial charge in [0.15, 0.2) is 5.78 Å². The Morgan fingerprint density at radius 1 is 1.27 bits per heavy atom. The Labute approximate surface area is 65.1 Å². The molecule has 0 aliphatic carbocycles. The van der Waals surface area contributed by atoms with E-state index in [2.05, 4.69) is 0 Å². The lowest BCUT2D eigenvalue weighted by Gasteiger charge is -1.88. The zero-order valence-electron chi connectivity index (χ0n) is 6.16. The lowest BCUT2D eigenvalue weighted by Crippen LogP contribution is -1.92. The summed E-state index contributed by atoms with van der Waals surface area (Å²) in [5, 5.41) is 0. The van der Waals surface area contributed by atoms with Gasteiger partial charge in [-0.2, -0.15) is 0 Å². The molecular formula is C8H10O3. The van der Waals surface area contributed by atoms with E-state index in [-0.39, 0.29) is 5.78 Å². The minimum absolute atomic E-state index is 0.112. The zero-order chi connectivity index (χ0) is 8.53. The van der Waals surface area contributed by atoms with Crippen LogP contribution in [0.25, 0.3) is 0 Å². The van der Waals surface area contributed by atoms with Crippen molar-refractivity contribution in [3.05, 3.63) is 12.2 Å². The number of carbonyl (C=O) groups is 3. The van der Waals surface area contributed by atoms with Gasteiger partial charge in [-0.05, 0) is 18.6 Å². The molecule has 0 aliphatic rings. The fourth-order valence-corrected chi connectivity index (χ4v) is 0.590. The number of allylic oxidation sites excluding steroid dienone is 2. The molecule has 0 bridgehead atoms. The molecule has 0 atom stereocenters. The van der Waals surface area contributed by atoms with Crippen LogP contribution in [0.1, 0.15) is 19.3 Å². The van der Waals surface area contributed by atoms with Crippen LogP contribution in [0.5, 0.6) is 0 Å². The van der Waals surface area contributed by atoms with Crippen LogP contribution in [0.2, 0.25) is 0 Å². The molecule has 0 rings (SSSR count). The van der Waals surface area contributed by atoms with Crippen LogP contribution in [0.4, 0.5) is 0 Å². The Balaban J connectivity index is 3.44. The number of aldehydes is 2. The summed E-state index contributed by atoms with van der Waals surface area (Å²) in [7, 11) is 0. The monoisotopic (exact) mass is 154 g/mol. The number of hydrogen-bond acceptors (Lipinski definition) is 3. The smallest absolute Gasteiger partial charge is 0.155 e. The SMILES string of the molecule is O=CC=CC(=O)CCCC=O. The van der Waals surface area contributed by atoms with Crippen molar-refractivity contribution >= 4 is 18.4 Å². The van der Waals surface area contributed by atoms with Crippen molar-refractivity contribution in [3.63, 3.8) is 0 Å². The highest BCUT2D eigenvalue weighted by molar-refractivity contribution is 5.92. The summed E-state index contributed by atoms with van der Waals surface area (Å²) in [5.74, 6) is -0.112. The van der Waals surface area contributed by atoms with E-state index < -0.39 is 0 Å². The van der Waals surface area contributed by atoms with Gasteiger partial charge in [0, 0.05) is 12.8 Å². The van der Waals surface area contributed by atoms with E-state index in [0.717, 1.165) is 12.4 Å². The summed E-state index contributed by atoms with van der Waals surface area (Å²) in [4.78, 5) is 30.3. The third-order valence-electron chi connectivity index (χ3n) is 1.11. The number of unbranched alkanes of at least 4 members (excludes halogenated alkanes) is 1. The molecule has 0 unspecified atom stereocenters. The normalized spacial score (nSPS) is 9.82. The average Bonchev–Trinajstić information content (AvgIpc) is 2.01. The first kappa shape index (κ1) is 9.75. The van der Waals surface area contributed by atoms with E-state index in [4.69, 9.17) is 0 Å². The molecule has 0 fully saturated rings. The molecule has 0 radical (unpaired) electrons. The number of rotatable bonds is 6. The minimum atomic E-state index is -0.112. The second-order valence-electron chi connectivity index (χ2n) is 2.02. The second kappa shape index (κ2) is 6.86. The van der Waals surface area contributed by atoms with Crippen molar-refractivity contribution in [2.75, 3.05) is 0 Å². The van der Waals surface area contributed by atoms with Crippen LogP contribution in [-0.2, 0) is 14.4 Å². The minimum Gasteiger partial charge on any atom is -0.303 e. The van der Waals surface area contributed by atoms with Crippen molar-refractivity contribution in [2.45, 2.75) is 19.3 Å². The van der Waals surface area contributed by atoms with Crippen LogP contribution < -0.4 is 0 Å². The zero-order valence-corrected chi connectivity index (χ0v) is 6.16. The van der Waals surface area contributed by atoms with Crippen LogP contribution in [-0.4, -0.2) is 18.4 Å². The van der Waals surface area contributed by atoms with Gasteiger partial charge in [-0.1, -0.05) is 0 Å². The lowest BCUT2D eigenvalue weighted by molar-refractivity contribution is -0.115. The molecule has 60 valence electrons. The first-order valence-electron chi connectivity index (χ1n) is 3.39. The molecule has 0 aliphatic heterocycles. The summed E-state index contributed by atoms with van der Waals surface area (Å²) in [6.07, 6.45) is 5.00. The summed E-state index contributed by atoms with van der Waals surface area (Å²) in [5.41, 5.74) is 0. The number of ketones is 1. The van der Waals surface area contributed by atoms with E-state index in [1.807, 2.05) is 0 Å². The Bertz CT molecular complexity index is 170. The van der Waals surface area contributed by atoms with Crippen LogP contribution in [0.3, 0.4) is 0 Å². The molecule has 0 heterocycles. The van der Waals surface area contributed by atoms with E-state index in [1.165, 1.54) is 6.08 Å². The van der Waals surface area contributed by atoms with E-state index in [1.54, 1.807) is 0 Å². The van der Waals surface area contributed by atoms with Gasteiger partial charge in [-0.3, -0.25) is 9.59 Å². The summed E-state index contributed by atoms with van der Waals surface area (Å²) in [6, 6.07) is 0. The molecule has 0 saturated heterocycles. The van der Waals surface area contributed by atoms with Crippen LogP contribution in [0, 0.1) is 0 Å². The van der Waals surface area contributed by atoms with Gasteiger partial charge in [-0.15, -0.1) is 0 Å². The standard InChI is InChI=1S/C8H10O3/c9-6-2-1-4-8(11)5-3-7-10/h3,5-7H,1-2,4H2.